The van der Waals surface area contributed by atoms with E-state index in [2.05, 4.69) is 11.9 Å². The fourth-order valence-corrected chi connectivity index (χ4v) is 2.87. The second-order valence-corrected chi connectivity index (χ2v) is 5.40. The molecule has 2 rings (SSSR count). The maximum Gasteiger partial charge on any atom is 0.225 e. The van der Waals surface area contributed by atoms with Gasteiger partial charge in [0.25, 0.3) is 0 Å². The summed E-state index contributed by atoms with van der Waals surface area (Å²) in [6.07, 6.45) is 2.61. The minimum Gasteiger partial charge on any atom is -0.497 e. The van der Waals surface area contributed by atoms with E-state index in [9.17, 15) is 9.59 Å². The number of piperidine rings is 1. The Labute approximate surface area is 130 Å². The first-order chi connectivity index (χ1) is 10.6. The van der Waals surface area contributed by atoms with Gasteiger partial charge in [0, 0.05) is 20.0 Å². The van der Waals surface area contributed by atoms with Crippen LogP contribution in [-0.2, 0) is 9.59 Å². The summed E-state index contributed by atoms with van der Waals surface area (Å²) in [7, 11) is 3.36. The molecule has 1 aliphatic heterocycles. The van der Waals surface area contributed by atoms with Crippen LogP contribution in [0.5, 0.6) is 5.75 Å². The molecule has 5 heteroatoms. The Kier molecular flexibility index (Phi) is 5.20. The van der Waals surface area contributed by atoms with Crippen molar-refractivity contribution in [1.29, 1.82) is 0 Å². The van der Waals surface area contributed by atoms with E-state index in [0.717, 1.165) is 11.3 Å². The number of methoxy groups -OCH3 is 1. The molecule has 1 aliphatic rings. The van der Waals surface area contributed by atoms with E-state index in [-0.39, 0.29) is 23.8 Å². The highest BCUT2D eigenvalue weighted by Gasteiger charge is 2.38. The van der Waals surface area contributed by atoms with Crippen molar-refractivity contribution in [2.45, 2.75) is 18.9 Å². The molecular formula is C17H22N2O3. The van der Waals surface area contributed by atoms with Crippen LogP contribution in [0.15, 0.2) is 36.9 Å². The van der Waals surface area contributed by atoms with Crippen LogP contribution < -0.4 is 10.1 Å². The van der Waals surface area contributed by atoms with E-state index in [1.165, 1.54) is 0 Å². The van der Waals surface area contributed by atoms with Gasteiger partial charge in [-0.15, -0.1) is 6.58 Å². The minimum absolute atomic E-state index is 0.0416. The van der Waals surface area contributed by atoms with Crippen LogP contribution in [0.3, 0.4) is 0 Å². The Balaban J connectivity index is 2.28. The lowest BCUT2D eigenvalue weighted by Gasteiger charge is -2.38. The Hall–Kier alpha value is -2.30. The van der Waals surface area contributed by atoms with E-state index >= 15 is 0 Å². The summed E-state index contributed by atoms with van der Waals surface area (Å²) < 4.78 is 5.16. The Bertz CT molecular complexity index is 554. The van der Waals surface area contributed by atoms with Gasteiger partial charge in [-0.25, -0.2) is 0 Å². The molecule has 0 radical (unpaired) electrons. The normalized spacial score (nSPS) is 21.4. The predicted molar refractivity (Wildman–Crippen MR) is 84.4 cm³/mol. The van der Waals surface area contributed by atoms with Crippen molar-refractivity contribution < 1.29 is 14.3 Å². The van der Waals surface area contributed by atoms with Crippen LogP contribution in [0, 0.1) is 5.92 Å². The van der Waals surface area contributed by atoms with Gasteiger partial charge in [0.1, 0.15) is 5.75 Å². The maximum absolute atomic E-state index is 12.4. The molecule has 1 aromatic rings. The fourth-order valence-electron chi connectivity index (χ4n) is 2.87. The van der Waals surface area contributed by atoms with Gasteiger partial charge < -0.3 is 15.0 Å². The number of rotatable bonds is 5. The zero-order valence-corrected chi connectivity index (χ0v) is 13.0. The van der Waals surface area contributed by atoms with Crippen molar-refractivity contribution in [3.05, 3.63) is 42.5 Å². The van der Waals surface area contributed by atoms with Gasteiger partial charge in [0.15, 0.2) is 0 Å². The molecule has 118 valence electrons. The zero-order chi connectivity index (χ0) is 16.1. The molecule has 0 bridgehead atoms. The lowest BCUT2D eigenvalue weighted by molar-refractivity contribution is -0.141. The number of nitrogens with one attached hydrogen (secondary N) is 1. The van der Waals surface area contributed by atoms with Gasteiger partial charge in [-0.2, -0.15) is 0 Å². The molecular weight excluding hydrogens is 280 g/mol. The third-order valence-electron chi connectivity index (χ3n) is 4.08. The third kappa shape index (κ3) is 3.30. The Morgan fingerprint density at radius 3 is 2.73 bits per heavy atom. The van der Waals surface area contributed by atoms with Crippen molar-refractivity contribution in [2.75, 3.05) is 20.7 Å². The molecule has 0 saturated carbocycles. The summed E-state index contributed by atoms with van der Waals surface area (Å²) in [5.41, 5.74) is 0.940. The summed E-state index contributed by atoms with van der Waals surface area (Å²) in [4.78, 5) is 26.1. The highest BCUT2D eigenvalue weighted by molar-refractivity contribution is 5.85. The molecule has 2 atom stereocenters. The second kappa shape index (κ2) is 7.11. The van der Waals surface area contributed by atoms with Crippen molar-refractivity contribution in [3.8, 4) is 5.75 Å². The average Bonchev–Trinajstić information content (AvgIpc) is 2.55. The van der Waals surface area contributed by atoms with Gasteiger partial charge in [-0.05, 0) is 24.1 Å². The van der Waals surface area contributed by atoms with Gasteiger partial charge in [-0.1, -0.05) is 18.2 Å². The molecule has 1 aromatic carbocycles. The number of benzene rings is 1. The number of ether oxygens (including phenoxy) is 1. The molecule has 22 heavy (non-hydrogen) atoms. The second-order valence-electron chi connectivity index (χ2n) is 5.40. The topological polar surface area (TPSA) is 58.6 Å². The van der Waals surface area contributed by atoms with Crippen LogP contribution in [-0.4, -0.2) is 37.4 Å². The summed E-state index contributed by atoms with van der Waals surface area (Å²) in [6, 6.07) is 7.26. The smallest absolute Gasteiger partial charge is 0.225 e. The number of hydrogen-bond acceptors (Lipinski definition) is 3. The maximum atomic E-state index is 12.4. The Morgan fingerprint density at radius 2 is 2.14 bits per heavy atom. The van der Waals surface area contributed by atoms with Crippen LogP contribution in [0.2, 0.25) is 0 Å². The molecule has 0 spiro atoms. The number of nitrogens with zero attached hydrogens (tertiary/aromatic N) is 1. The van der Waals surface area contributed by atoms with Crippen molar-refractivity contribution in [2.24, 2.45) is 5.92 Å². The van der Waals surface area contributed by atoms with Crippen molar-refractivity contribution >= 4 is 11.8 Å². The lowest BCUT2D eigenvalue weighted by Crippen LogP contribution is -2.46. The van der Waals surface area contributed by atoms with Gasteiger partial charge in [0.05, 0.1) is 19.1 Å². The minimum atomic E-state index is -0.254. The molecule has 0 unspecified atom stereocenters. The van der Waals surface area contributed by atoms with Crippen LogP contribution in [0.4, 0.5) is 0 Å². The van der Waals surface area contributed by atoms with E-state index in [1.807, 2.05) is 24.3 Å². The summed E-state index contributed by atoms with van der Waals surface area (Å²) >= 11 is 0. The van der Waals surface area contributed by atoms with E-state index < -0.39 is 0 Å². The lowest BCUT2D eigenvalue weighted by atomic mass is 9.84. The van der Waals surface area contributed by atoms with Crippen LogP contribution in [0.1, 0.15) is 24.4 Å². The molecule has 1 heterocycles. The Morgan fingerprint density at radius 1 is 1.45 bits per heavy atom. The summed E-state index contributed by atoms with van der Waals surface area (Å²) in [5.74, 6) is 0.519. The molecule has 1 N–H and O–H groups in total. The van der Waals surface area contributed by atoms with E-state index in [1.54, 1.807) is 25.1 Å². The molecule has 1 fully saturated rings. The molecule has 2 amide bonds. The molecule has 0 aliphatic carbocycles. The number of amides is 2. The van der Waals surface area contributed by atoms with Crippen LogP contribution in [0.25, 0.3) is 0 Å². The third-order valence-corrected chi connectivity index (χ3v) is 4.08. The predicted octanol–water partition coefficient (Wildman–Crippen LogP) is 1.91. The van der Waals surface area contributed by atoms with E-state index in [4.69, 9.17) is 4.74 Å². The largest absolute Gasteiger partial charge is 0.497 e. The van der Waals surface area contributed by atoms with Crippen LogP contribution >= 0.6 is 0 Å². The van der Waals surface area contributed by atoms with Gasteiger partial charge in [0.2, 0.25) is 11.8 Å². The van der Waals surface area contributed by atoms with Crippen molar-refractivity contribution in [1.82, 2.24) is 10.2 Å². The molecule has 5 nitrogen and oxygen atoms in total. The number of hydrogen-bond donors (Lipinski definition) is 1. The first-order valence-corrected chi connectivity index (χ1v) is 7.36. The molecule has 0 aromatic heterocycles. The summed E-state index contributed by atoms with van der Waals surface area (Å²) in [6.45, 7) is 4.04. The highest BCUT2D eigenvalue weighted by atomic mass is 16.5. The molecule has 1 saturated heterocycles. The van der Waals surface area contributed by atoms with E-state index in [0.29, 0.717) is 19.4 Å². The van der Waals surface area contributed by atoms with Crippen molar-refractivity contribution in [3.63, 3.8) is 0 Å². The number of carbonyl (C=O) groups is 2. The quantitative estimate of drug-likeness (QED) is 0.845. The standard InChI is InChI=1S/C17H22N2O3/c1-4-11-18-17(21)14-9-10-15(20)19(2)16(14)12-5-7-13(22-3)8-6-12/h4-8,14,16H,1,9-11H2,2-3H3,(H,18,21)/t14-,16-/m0/s1. The first kappa shape index (κ1) is 16.1. The highest BCUT2D eigenvalue weighted by Crippen LogP contribution is 2.36. The van der Waals surface area contributed by atoms with Gasteiger partial charge >= 0.3 is 0 Å². The fraction of sp³-hybridized carbons (Fsp3) is 0.412. The number of likely N-dealkylation sites (tertiary alicyclic amines) is 1. The SMILES string of the molecule is C=CCNC(=O)[C@H]1CCC(=O)N(C)[C@H]1c1ccc(OC)cc1. The zero-order valence-electron chi connectivity index (χ0n) is 13.0. The number of carbonyl (C=O) groups excluding carboxylic acids is 2. The average molecular weight is 302 g/mol. The summed E-state index contributed by atoms with van der Waals surface area (Å²) in [5, 5.41) is 2.84. The first-order valence-electron chi connectivity index (χ1n) is 7.36. The van der Waals surface area contributed by atoms with Gasteiger partial charge in [-0.3, -0.25) is 9.59 Å². The monoisotopic (exact) mass is 302 g/mol.